The van der Waals surface area contributed by atoms with Crippen molar-refractivity contribution in [1.82, 2.24) is 13.5 Å². The highest BCUT2D eigenvalue weighted by Gasteiger charge is 2.52. The summed E-state index contributed by atoms with van der Waals surface area (Å²) in [5.74, 6) is 0.874. The van der Waals surface area contributed by atoms with Crippen LogP contribution in [0.5, 0.6) is 0 Å². The van der Waals surface area contributed by atoms with Crippen LogP contribution in [0, 0.1) is 11.3 Å². The van der Waals surface area contributed by atoms with Gasteiger partial charge in [0, 0.05) is 39.3 Å². The molecule has 1 amide bonds. The lowest BCUT2D eigenvalue weighted by atomic mass is 9.78. The third-order valence-corrected chi connectivity index (χ3v) is 7.92. The van der Waals surface area contributed by atoms with E-state index < -0.39 is 15.6 Å². The molecule has 0 aromatic rings. The number of carbonyl (C=O) groups is 1. The normalized spacial score (nSPS) is 33.5. The van der Waals surface area contributed by atoms with Crippen molar-refractivity contribution in [1.29, 1.82) is 0 Å². The number of ether oxygens (including phenoxy) is 1. The maximum Gasteiger partial charge on any atom is 0.282 e. The van der Waals surface area contributed by atoms with Crippen molar-refractivity contribution < 1.29 is 17.9 Å². The number of likely N-dealkylation sites (tertiary alicyclic amines) is 1. The topological polar surface area (TPSA) is 70.2 Å². The van der Waals surface area contributed by atoms with Crippen molar-refractivity contribution in [3.63, 3.8) is 0 Å². The van der Waals surface area contributed by atoms with Gasteiger partial charge in [0.15, 0.2) is 0 Å². The fraction of sp³-hybridized carbons (Fsp3) is 0.938. The Morgan fingerprint density at radius 1 is 1.04 bits per heavy atom. The first-order valence-corrected chi connectivity index (χ1v) is 10.5. The zero-order valence-electron chi connectivity index (χ0n) is 14.2. The first kappa shape index (κ1) is 16.8. The fourth-order valence-corrected chi connectivity index (χ4v) is 5.96. The van der Waals surface area contributed by atoms with Crippen LogP contribution in [0.25, 0.3) is 0 Å². The molecule has 136 valence electrons. The van der Waals surface area contributed by atoms with Crippen LogP contribution in [0.2, 0.25) is 0 Å². The third kappa shape index (κ3) is 2.98. The number of nitrogens with zero attached hydrogens (tertiary/aromatic N) is 3. The van der Waals surface area contributed by atoms with Crippen LogP contribution in [-0.2, 0) is 19.7 Å². The summed E-state index contributed by atoms with van der Waals surface area (Å²) >= 11 is 0. The molecule has 3 heterocycles. The highest BCUT2D eigenvalue weighted by molar-refractivity contribution is 7.86. The largest absolute Gasteiger partial charge is 0.379 e. The molecule has 1 saturated carbocycles. The summed E-state index contributed by atoms with van der Waals surface area (Å²) in [6, 6.07) is 0. The molecule has 0 aromatic heterocycles. The van der Waals surface area contributed by atoms with E-state index in [0.29, 0.717) is 51.7 Å². The van der Waals surface area contributed by atoms with Crippen LogP contribution >= 0.6 is 0 Å². The van der Waals surface area contributed by atoms with E-state index in [2.05, 4.69) is 0 Å². The number of rotatable bonds is 4. The molecule has 0 unspecified atom stereocenters. The van der Waals surface area contributed by atoms with E-state index in [0.717, 1.165) is 25.9 Å². The molecular formula is C16H27N3O4S. The highest BCUT2D eigenvalue weighted by Crippen LogP contribution is 2.42. The molecule has 8 heteroatoms. The Balaban J connectivity index is 1.47. The van der Waals surface area contributed by atoms with Crippen molar-refractivity contribution >= 4 is 16.1 Å². The summed E-state index contributed by atoms with van der Waals surface area (Å²) < 4.78 is 34.0. The number of hydrogen-bond donors (Lipinski definition) is 0. The number of amides is 1. The molecule has 4 rings (SSSR count). The summed E-state index contributed by atoms with van der Waals surface area (Å²) in [4.78, 5) is 15.0. The van der Waals surface area contributed by atoms with Crippen LogP contribution in [-0.4, -0.2) is 80.3 Å². The number of morpholine rings is 1. The van der Waals surface area contributed by atoms with Gasteiger partial charge in [0.2, 0.25) is 5.91 Å². The Hall–Kier alpha value is -0.700. The molecule has 1 aliphatic carbocycles. The first-order valence-electron chi connectivity index (χ1n) is 9.14. The minimum Gasteiger partial charge on any atom is -0.379 e. The quantitative estimate of drug-likeness (QED) is 0.725. The van der Waals surface area contributed by atoms with Gasteiger partial charge in [-0.3, -0.25) is 4.79 Å². The van der Waals surface area contributed by atoms with Crippen LogP contribution < -0.4 is 0 Å². The van der Waals surface area contributed by atoms with Crippen molar-refractivity contribution in [2.75, 3.05) is 52.5 Å². The van der Waals surface area contributed by atoms with Gasteiger partial charge in [0.25, 0.3) is 10.2 Å². The summed E-state index contributed by atoms with van der Waals surface area (Å²) in [7, 11) is -3.47. The standard InChI is InChI=1S/C16H27N3O4S/c20-15-16(4-1-6-17(15)12-14-2-3-14)5-7-19(13-16)24(21,22)18-8-10-23-11-9-18/h14H,1-13H2/t16-/m0/s1. The Labute approximate surface area is 144 Å². The van der Waals surface area contributed by atoms with Gasteiger partial charge in [-0.1, -0.05) is 0 Å². The average Bonchev–Trinajstić information content (AvgIpc) is 3.30. The lowest BCUT2D eigenvalue weighted by Gasteiger charge is -2.39. The SMILES string of the molecule is O=C1N(CC2CC2)CCC[C@@]12CCN(S(=O)(=O)N1CCOCC1)C2. The monoisotopic (exact) mass is 357 g/mol. The number of piperidine rings is 1. The van der Waals surface area contributed by atoms with Gasteiger partial charge in [-0.15, -0.1) is 0 Å². The molecule has 7 nitrogen and oxygen atoms in total. The van der Waals surface area contributed by atoms with Crippen LogP contribution in [0.1, 0.15) is 32.1 Å². The van der Waals surface area contributed by atoms with Gasteiger partial charge in [-0.2, -0.15) is 17.0 Å². The van der Waals surface area contributed by atoms with E-state index in [1.807, 2.05) is 4.90 Å². The lowest BCUT2D eigenvalue weighted by Crippen LogP contribution is -2.52. The molecule has 3 aliphatic heterocycles. The Morgan fingerprint density at radius 3 is 2.50 bits per heavy atom. The Kier molecular flexibility index (Phi) is 4.35. The maximum absolute atomic E-state index is 13.0. The molecule has 0 bridgehead atoms. The van der Waals surface area contributed by atoms with Crippen molar-refractivity contribution in [2.45, 2.75) is 32.1 Å². The minimum absolute atomic E-state index is 0.195. The van der Waals surface area contributed by atoms with Crippen LogP contribution in [0.4, 0.5) is 0 Å². The minimum atomic E-state index is -3.47. The summed E-state index contributed by atoms with van der Waals surface area (Å²) in [6.07, 6.45) is 4.94. The van der Waals surface area contributed by atoms with Gasteiger partial charge < -0.3 is 9.64 Å². The Morgan fingerprint density at radius 2 is 1.79 bits per heavy atom. The van der Waals surface area contributed by atoms with Gasteiger partial charge >= 0.3 is 0 Å². The molecular weight excluding hydrogens is 330 g/mol. The molecule has 1 atom stereocenters. The van der Waals surface area contributed by atoms with Crippen molar-refractivity contribution in [2.24, 2.45) is 11.3 Å². The second-order valence-electron chi connectivity index (χ2n) is 7.68. The molecule has 3 saturated heterocycles. The maximum atomic E-state index is 13.0. The second kappa shape index (κ2) is 6.23. The molecule has 4 aliphatic rings. The van der Waals surface area contributed by atoms with Crippen LogP contribution in [0.3, 0.4) is 0 Å². The predicted molar refractivity (Wildman–Crippen MR) is 88.5 cm³/mol. The van der Waals surface area contributed by atoms with Gasteiger partial charge in [0.05, 0.1) is 18.6 Å². The molecule has 0 N–H and O–H groups in total. The van der Waals surface area contributed by atoms with E-state index in [1.165, 1.54) is 21.5 Å². The van der Waals surface area contributed by atoms with Crippen molar-refractivity contribution in [3.8, 4) is 0 Å². The molecule has 0 radical (unpaired) electrons. The van der Waals surface area contributed by atoms with Gasteiger partial charge in [0.1, 0.15) is 0 Å². The fourth-order valence-electron chi connectivity index (χ4n) is 4.29. The smallest absolute Gasteiger partial charge is 0.282 e. The Bertz CT molecular complexity index is 600. The molecule has 4 fully saturated rings. The van der Waals surface area contributed by atoms with E-state index >= 15 is 0 Å². The van der Waals surface area contributed by atoms with Gasteiger partial charge in [-0.05, 0) is 38.0 Å². The number of hydrogen-bond acceptors (Lipinski definition) is 4. The zero-order chi connectivity index (χ0) is 16.8. The zero-order valence-corrected chi connectivity index (χ0v) is 15.0. The highest BCUT2D eigenvalue weighted by atomic mass is 32.2. The lowest BCUT2D eigenvalue weighted by molar-refractivity contribution is -0.145. The predicted octanol–water partition coefficient (Wildman–Crippen LogP) is 0.288. The van der Waals surface area contributed by atoms with E-state index in [1.54, 1.807) is 0 Å². The first-order chi connectivity index (χ1) is 11.5. The molecule has 24 heavy (non-hydrogen) atoms. The van der Waals surface area contributed by atoms with E-state index in [9.17, 15) is 13.2 Å². The van der Waals surface area contributed by atoms with Crippen LogP contribution in [0.15, 0.2) is 0 Å². The van der Waals surface area contributed by atoms with Gasteiger partial charge in [-0.25, -0.2) is 0 Å². The number of carbonyl (C=O) groups excluding carboxylic acids is 1. The summed E-state index contributed by atoms with van der Waals surface area (Å²) in [5.41, 5.74) is -0.480. The summed E-state index contributed by atoms with van der Waals surface area (Å²) in [6.45, 7) is 4.25. The third-order valence-electron chi connectivity index (χ3n) is 5.94. The second-order valence-corrected chi connectivity index (χ2v) is 9.61. The molecule has 1 spiro atoms. The van der Waals surface area contributed by atoms with Crippen molar-refractivity contribution in [3.05, 3.63) is 0 Å². The van der Waals surface area contributed by atoms with E-state index in [-0.39, 0.29) is 5.91 Å². The summed E-state index contributed by atoms with van der Waals surface area (Å²) in [5, 5.41) is 0. The van der Waals surface area contributed by atoms with E-state index in [4.69, 9.17) is 4.74 Å². The average molecular weight is 357 g/mol. The molecule has 0 aromatic carbocycles.